The number of carboxylic acids is 1. The van der Waals surface area contributed by atoms with Crippen LogP contribution in [0.1, 0.15) is 27.2 Å². The van der Waals surface area contributed by atoms with E-state index in [-0.39, 0.29) is 24.4 Å². The fourth-order valence-corrected chi connectivity index (χ4v) is 2.35. The highest BCUT2D eigenvalue weighted by Gasteiger charge is 2.24. The summed E-state index contributed by atoms with van der Waals surface area (Å²) in [5.41, 5.74) is 0. The SMILES string of the molecule is CC(=O)N1CCCN(C(=O)NCC(C(=O)O)C(C)C)CC1. The van der Waals surface area contributed by atoms with E-state index in [0.29, 0.717) is 26.2 Å². The smallest absolute Gasteiger partial charge is 0.317 e. The molecule has 1 saturated heterocycles. The van der Waals surface area contributed by atoms with Crippen molar-refractivity contribution < 1.29 is 19.5 Å². The van der Waals surface area contributed by atoms with Crippen LogP contribution in [0.15, 0.2) is 0 Å². The third-order valence-corrected chi connectivity index (χ3v) is 3.82. The van der Waals surface area contributed by atoms with Crippen LogP contribution < -0.4 is 5.32 Å². The number of nitrogens with one attached hydrogen (secondary N) is 1. The second-order valence-electron chi connectivity index (χ2n) is 5.72. The molecule has 0 spiro atoms. The number of hydrogen-bond acceptors (Lipinski definition) is 3. The number of hydrogen-bond donors (Lipinski definition) is 2. The first-order valence-corrected chi connectivity index (χ1v) is 7.34. The molecule has 0 saturated carbocycles. The lowest BCUT2D eigenvalue weighted by atomic mass is 9.96. The Labute approximate surface area is 125 Å². The molecule has 0 aliphatic carbocycles. The zero-order valence-electron chi connectivity index (χ0n) is 13.0. The predicted octanol–water partition coefficient (Wildman–Crippen LogP) is 0.607. The van der Waals surface area contributed by atoms with Gasteiger partial charge >= 0.3 is 12.0 Å². The molecule has 0 aromatic rings. The topological polar surface area (TPSA) is 90.0 Å². The highest BCUT2D eigenvalue weighted by atomic mass is 16.4. The maximum atomic E-state index is 12.1. The zero-order chi connectivity index (χ0) is 16.0. The van der Waals surface area contributed by atoms with E-state index in [4.69, 9.17) is 5.11 Å². The van der Waals surface area contributed by atoms with E-state index in [2.05, 4.69) is 5.32 Å². The Kier molecular flexibility index (Phi) is 6.45. The zero-order valence-corrected chi connectivity index (χ0v) is 13.0. The summed E-state index contributed by atoms with van der Waals surface area (Å²) in [6.45, 7) is 7.52. The minimum absolute atomic E-state index is 0.0167. The van der Waals surface area contributed by atoms with E-state index in [9.17, 15) is 14.4 Å². The molecule has 2 N–H and O–H groups in total. The number of rotatable bonds is 4. The predicted molar refractivity (Wildman–Crippen MR) is 77.8 cm³/mol. The molecule has 7 nitrogen and oxygen atoms in total. The lowest BCUT2D eigenvalue weighted by molar-refractivity contribution is -0.143. The van der Waals surface area contributed by atoms with Gasteiger partial charge in [-0.25, -0.2) is 4.79 Å². The van der Waals surface area contributed by atoms with Gasteiger partial charge in [-0.05, 0) is 12.3 Å². The van der Waals surface area contributed by atoms with Gasteiger partial charge in [-0.1, -0.05) is 13.8 Å². The van der Waals surface area contributed by atoms with E-state index in [1.807, 2.05) is 13.8 Å². The molecule has 0 bridgehead atoms. The molecule has 3 amide bonds. The summed E-state index contributed by atoms with van der Waals surface area (Å²) in [6.07, 6.45) is 0.736. The average molecular weight is 299 g/mol. The maximum Gasteiger partial charge on any atom is 0.317 e. The van der Waals surface area contributed by atoms with E-state index in [1.54, 1.807) is 9.80 Å². The van der Waals surface area contributed by atoms with Crippen molar-refractivity contribution in [2.45, 2.75) is 27.2 Å². The molecule has 0 radical (unpaired) electrons. The Hall–Kier alpha value is -1.79. The standard InChI is InChI=1S/C14H25N3O4/c1-10(2)12(13(19)20)9-15-14(21)17-6-4-5-16(7-8-17)11(3)18/h10,12H,4-9H2,1-3H3,(H,15,21)(H,19,20). The summed E-state index contributed by atoms with van der Waals surface area (Å²) in [5, 5.41) is 11.8. The van der Waals surface area contributed by atoms with Crippen LogP contribution in [-0.4, -0.2) is 65.5 Å². The summed E-state index contributed by atoms with van der Waals surface area (Å²) >= 11 is 0. The maximum absolute atomic E-state index is 12.1. The first-order chi connectivity index (χ1) is 9.82. The molecular formula is C14H25N3O4. The van der Waals surface area contributed by atoms with Crippen molar-refractivity contribution >= 4 is 17.9 Å². The summed E-state index contributed by atoms with van der Waals surface area (Å²) < 4.78 is 0. The first-order valence-electron chi connectivity index (χ1n) is 7.34. The van der Waals surface area contributed by atoms with E-state index < -0.39 is 11.9 Å². The fraction of sp³-hybridized carbons (Fsp3) is 0.786. The Morgan fingerprint density at radius 1 is 1.10 bits per heavy atom. The monoisotopic (exact) mass is 299 g/mol. The van der Waals surface area contributed by atoms with Crippen molar-refractivity contribution in [3.63, 3.8) is 0 Å². The Morgan fingerprint density at radius 2 is 1.67 bits per heavy atom. The van der Waals surface area contributed by atoms with Crippen LogP contribution in [0, 0.1) is 11.8 Å². The Bertz CT molecular complexity index is 398. The molecule has 1 fully saturated rings. The molecule has 1 aliphatic heterocycles. The van der Waals surface area contributed by atoms with Crippen molar-refractivity contribution in [1.82, 2.24) is 15.1 Å². The molecule has 1 atom stereocenters. The summed E-state index contributed by atoms with van der Waals surface area (Å²) in [4.78, 5) is 37.9. The van der Waals surface area contributed by atoms with Gasteiger partial charge in [0.05, 0.1) is 5.92 Å². The number of aliphatic carboxylic acids is 1. The lowest BCUT2D eigenvalue weighted by Gasteiger charge is -2.23. The molecule has 1 rings (SSSR count). The van der Waals surface area contributed by atoms with Crippen molar-refractivity contribution in [2.75, 3.05) is 32.7 Å². The van der Waals surface area contributed by atoms with Gasteiger partial charge in [0, 0.05) is 39.6 Å². The number of carboxylic acid groups (broad SMARTS) is 1. The average Bonchev–Trinajstić information content (AvgIpc) is 2.63. The molecule has 120 valence electrons. The number of carbonyl (C=O) groups excluding carboxylic acids is 2. The van der Waals surface area contributed by atoms with Crippen molar-refractivity contribution in [1.29, 1.82) is 0 Å². The third kappa shape index (κ3) is 5.24. The minimum atomic E-state index is -0.899. The normalized spacial score (nSPS) is 17.3. The number of urea groups is 1. The molecule has 1 heterocycles. The van der Waals surface area contributed by atoms with Gasteiger partial charge < -0.3 is 20.2 Å². The van der Waals surface area contributed by atoms with E-state index in [1.165, 1.54) is 6.92 Å². The van der Waals surface area contributed by atoms with Gasteiger partial charge in [-0.15, -0.1) is 0 Å². The van der Waals surface area contributed by atoms with Gasteiger partial charge in [0.2, 0.25) is 5.91 Å². The van der Waals surface area contributed by atoms with E-state index >= 15 is 0 Å². The molecule has 0 aromatic heterocycles. The largest absolute Gasteiger partial charge is 0.481 e. The van der Waals surface area contributed by atoms with Crippen molar-refractivity contribution in [3.05, 3.63) is 0 Å². The van der Waals surface area contributed by atoms with Crippen molar-refractivity contribution in [2.24, 2.45) is 11.8 Å². The summed E-state index contributed by atoms with van der Waals surface area (Å²) in [7, 11) is 0. The second-order valence-corrected chi connectivity index (χ2v) is 5.72. The lowest BCUT2D eigenvalue weighted by Crippen LogP contribution is -2.45. The van der Waals surface area contributed by atoms with Crippen LogP contribution in [0.2, 0.25) is 0 Å². The minimum Gasteiger partial charge on any atom is -0.481 e. The molecule has 7 heteroatoms. The van der Waals surface area contributed by atoms with Crippen LogP contribution in [0.5, 0.6) is 0 Å². The first kappa shape index (κ1) is 17.3. The molecule has 1 aliphatic rings. The van der Waals surface area contributed by atoms with Gasteiger partial charge in [0.1, 0.15) is 0 Å². The van der Waals surface area contributed by atoms with Crippen LogP contribution in [-0.2, 0) is 9.59 Å². The fourth-order valence-electron chi connectivity index (χ4n) is 2.35. The van der Waals surface area contributed by atoms with Crippen LogP contribution >= 0.6 is 0 Å². The van der Waals surface area contributed by atoms with Gasteiger partial charge in [0.15, 0.2) is 0 Å². The number of nitrogens with zero attached hydrogens (tertiary/aromatic N) is 2. The molecular weight excluding hydrogens is 274 g/mol. The van der Waals surface area contributed by atoms with Crippen LogP contribution in [0.25, 0.3) is 0 Å². The summed E-state index contributed by atoms with van der Waals surface area (Å²) in [5.74, 6) is -1.51. The van der Waals surface area contributed by atoms with Crippen molar-refractivity contribution in [3.8, 4) is 0 Å². The van der Waals surface area contributed by atoms with Gasteiger partial charge in [-0.2, -0.15) is 0 Å². The molecule has 21 heavy (non-hydrogen) atoms. The Balaban J connectivity index is 2.48. The van der Waals surface area contributed by atoms with Gasteiger partial charge in [-0.3, -0.25) is 9.59 Å². The van der Waals surface area contributed by atoms with Crippen LogP contribution in [0.4, 0.5) is 4.79 Å². The highest BCUT2D eigenvalue weighted by molar-refractivity contribution is 5.76. The second kappa shape index (κ2) is 7.85. The van der Waals surface area contributed by atoms with Crippen LogP contribution in [0.3, 0.4) is 0 Å². The van der Waals surface area contributed by atoms with E-state index in [0.717, 1.165) is 6.42 Å². The van der Waals surface area contributed by atoms with Gasteiger partial charge in [0.25, 0.3) is 0 Å². The quantitative estimate of drug-likeness (QED) is 0.795. The Morgan fingerprint density at radius 3 is 2.19 bits per heavy atom. The highest BCUT2D eigenvalue weighted by Crippen LogP contribution is 2.10. The number of amides is 3. The third-order valence-electron chi connectivity index (χ3n) is 3.82. The number of carbonyl (C=O) groups is 3. The summed E-state index contributed by atoms with van der Waals surface area (Å²) in [6, 6.07) is -0.257. The molecule has 0 aromatic carbocycles. The molecule has 1 unspecified atom stereocenters.